The van der Waals surface area contributed by atoms with E-state index in [1.165, 1.54) is 0 Å². The summed E-state index contributed by atoms with van der Waals surface area (Å²) in [7, 11) is 0. The number of aliphatic hydroxyl groups is 1. The van der Waals surface area contributed by atoms with Gasteiger partial charge in [-0.15, -0.1) is 0 Å². The second-order valence-electron chi connectivity index (χ2n) is 6.52. The quantitative estimate of drug-likeness (QED) is 0.771. The van der Waals surface area contributed by atoms with Crippen LogP contribution < -0.4 is 5.73 Å². The number of aliphatic hydroxyl groups excluding tert-OH is 1. The molecule has 0 aliphatic carbocycles. The van der Waals surface area contributed by atoms with E-state index in [0.29, 0.717) is 17.8 Å². The average Bonchev–Trinajstić information content (AvgIpc) is 2.14. The van der Waals surface area contributed by atoms with Gasteiger partial charge in [0.1, 0.15) is 0 Å². The fraction of sp³-hybridized carbons (Fsp3) is 1.00. The lowest BCUT2D eigenvalue weighted by atomic mass is 9.87. The minimum Gasteiger partial charge on any atom is -0.393 e. The summed E-state index contributed by atoms with van der Waals surface area (Å²) < 4.78 is 0. The fourth-order valence-electron chi connectivity index (χ4n) is 2.80. The van der Waals surface area contributed by atoms with Crippen LogP contribution in [0.25, 0.3) is 0 Å². The zero-order chi connectivity index (χ0) is 13.0. The maximum atomic E-state index is 9.97. The molecule has 17 heavy (non-hydrogen) atoms. The van der Waals surface area contributed by atoms with Crippen molar-refractivity contribution in [1.29, 1.82) is 0 Å². The molecule has 1 fully saturated rings. The molecule has 0 aromatic carbocycles. The molecule has 0 aromatic heterocycles. The van der Waals surface area contributed by atoms with Gasteiger partial charge in [-0.05, 0) is 30.6 Å². The monoisotopic (exact) mass is 242 g/mol. The number of piperidine rings is 1. The highest BCUT2D eigenvalue weighted by atomic mass is 16.3. The molecule has 1 aliphatic heterocycles. The molecule has 3 nitrogen and oxygen atoms in total. The fourth-order valence-corrected chi connectivity index (χ4v) is 2.80. The van der Waals surface area contributed by atoms with Crippen molar-refractivity contribution in [3.05, 3.63) is 0 Å². The Balaban J connectivity index is 2.44. The highest BCUT2D eigenvalue weighted by Crippen LogP contribution is 2.23. The summed E-state index contributed by atoms with van der Waals surface area (Å²) >= 11 is 0. The molecule has 3 atom stereocenters. The third-order valence-corrected chi connectivity index (χ3v) is 3.61. The summed E-state index contributed by atoms with van der Waals surface area (Å²) in [5.74, 6) is 1.61. The Kier molecular flexibility index (Phi) is 5.90. The molecule has 0 aromatic rings. The van der Waals surface area contributed by atoms with Gasteiger partial charge in [0.2, 0.25) is 0 Å². The lowest BCUT2D eigenvalue weighted by molar-refractivity contribution is 0.0631. The van der Waals surface area contributed by atoms with Crippen molar-refractivity contribution in [1.82, 2.24) is 4.90 Å². The molecular formula is C14H30N2O. The zero-order valence-electron chi connectivity index (χ0n) is 11.9. The van der Waals surface area contributed by atoms with Gasteiger partial charge in [0.05, 0.1) is 6.10 Å². The first-order chi connectivity index (χ1) is 7.88. The van der Waals surface area contributed by atoms with Crippen LogP contribution in [0.1, 0.15) is 40.5 Å². The van der Waals surface area contributed by atoms with Crippen LogP contribution in [0.2, 0.25) is 0 Å². The van der Waals surface area contributed by atoms with E-state index in [1.807, 2.05) is 0 Å². The van der Waals surface area contributed by atoms with E-state index in [4.69, 9.17) is 5.73 Å². The third kappa shape index (κ3) is 5.36. The first-order valence-corrected chi connectivity index (χ1v) is 7.04. The van der Waals surface area contributed by atoms with Crippen LogP contribution in [0, 0.1) is 17.8 Å². The maximum absolute atomic E-state index is 9.97. The SMILES string of the molecule is CC(C)CN1CC(N)CC(CC(O)C(C)C)C1. The molecule has 0 radical (unpaired) electrons. The topological polar surface area (TPSA) is 49.5 Å². The number of likely N-dealkylation sites (tertiary alicyclic amines) is 1. The number of hydrogen-bond donors (Lipinski definition) is 2. The second kappa shape index (κ2) is 6.72. The third-order valence-electron chi connectivity index (χ3n) is 3.61. The Hall–Kier alpha value is -0.120. The molecule has 3 unspecified atom stereocenters. The summed E-state index contributed by atoms with van der Waals surface area (Å²) in [5.41, 5.74) is 6.12. The van der Waals surface area contributed by atoms with Gasteiger partial charge >= 0.3 is 0 Å². The lowest BCUT2D eigenvalue weighted by Crippen LogP contribution is -2.48. The number of nitrogens with zero attached hydrogens (tertiary/aromatic N) is 1. The average molecular weight is 242 g/mol. The molecule has 1 heterocycles. The molecule has 1 rings (SSSR count). The molecule has 3 heteroatoms. The zero-order valence-corrected chi connectivity index (χ0v) is 11.9. The first-order valence-electron chi connectivity index (χ1n) is 7.04. The van der Waals surface area contributed by atoms with Crippen molar-refractivity contribution < 1.29 is 5.11 Å². The van der Waals surface area contributed by atoms with Crippen molar-refractivity contribution >= 4 is 0 Å². The van der Waals surface area contributed by atoms with E-state index in [-0.39, 0.29) is 12.1 Å². The lowest BCUT2D eigenvalue weighted by Gasteiger charge is -2.38. The van der Waals surface area contributed by atoms with E-state index in [2.05, 4.69) is 32.6 Å². The van der Waals surface area contributed by atoms with Gasteiger partial charge in [-0.25, -0.2) is 0 Å². The molecular weight excluding hydrogens is 212 g/mol. The van der Waals surface area contributed by atoms with E-state index < -0.39 is 0 Å². The van der Waals surface area contributed by atoms with Crippen LogP contribution in [0.15, 0.2) is 0 Å². The Morgan fingerprint density at radius 3 is 2.41 bits per heavy atom. The van der Waals surface area contributed by atoms with E-state index >= 15 is 0 Å². The summed E-state index contributed by atoms with van der Waals surface area (Å²) in [6.45, 7) is 11.9. The highest BCUT2D eigenvalue weighted by Gasteiger charge is 2.27. The summed E-state index contributed by atoms with van der Waals surface area (Å²) in [6.07, 6.45) is 1.80. The molecule has 1 saturated heterocycles. The van der Waals surface area contributed by atoms with Crippen molar-refractivity contribution in [2.45, 2.75) is 52.7 Å². The standard InChI is InChI=1S/C14H30N2O/c1-10(2)7-16-8-12(5-13(15)9-16)6-14(17)11(3)4/h10-14,17H,5-9,15H2,1-4H3. The molecule has 102 valence electrons. The van der Waals surface area contributed by atoms with Crippen molar-refractivity contribution in [3.63, 3.8) is 0 Å². The summed E-state index contributed by atoms with van der Waals surface area (Å²) in [6, 6.07) is 0.284. The van der Waals surface area contributed by atoms with Crippen LogP contribution in [-0.2, 0) is 0 Å². The Morgan fingerprint density at radius 2 is 1.88 bits per heavy atom. The van der Waals surface area contributed by atoms with Crippen LogP contribution >= 0.6 is 0 Å². The predicted octanol–water partition coefficient (Wildman–Crippen LogP) is 1.70. The second-order valence-corrected chi connectivity index (χ2v) is 6.52. The van der Waals surface area contributed by atoms with Crippen LogP contribution in [0.3, 0.4) is 0 Å². The van der Waals surface area contributed by atoms with Gasteiger partial charge < -0.3 is 15.7 Å². The number of nitrogens with two attached hydrogens (primary N) is 1. The summed E-state index contributed by atoms with van der Waals surface area (Å²) in [4.78, 5) is 2.47. The summed E-state index contributed by atoms with van der Waals surface area (Å²) in [5, 5.41) is 9.97. The van der Waals surface area contributed by atoms with Gasteiger partial charge in [0.25, 0.3) is 0 Å². The van der Waals surface area contributed by atoms with Crippen LogP contribution in [-0.4, -0.2) is 41.8 Å². The highest BCUT2D eigenvalue weighted by molar-refractivity contribution is 4.83. The van der Waals surface area contributed by atoms with Gasteiger partial charge in [0.15, 0.2) is 0 Å². The molecule has 3 N–H and O–H groups in total. The molecule has 0 spiro atoms. The van der Waals surface area contributed by atoms with Crippen molar-refractivity contribution in [3.8, 4) is 0 Å². The number of rotatable bonds is 5. The van der Waals surface area contributed by atoms with Crippen LogP contribution in [0.4, 0.5) is 0 Å². The molecule has 0 amide bonds. The van der Waals surface area contributed by atoms with E-state index in [0.717, 1.165) is 32.5 Å². The largest absolute Gasteiger partial charge is 0.393 e. The predicted molar refractivity (Wildman–Crippen MR) is 72.8 cm³/mol. The van der Waals surface area contributed by atoms with Crippen molar-refractivity contribution in [2.24, 2.45) is 23.5 Å². The molecule has 1 aliphatic rings. The van der Waals surface area contributed by atoms with Crippen molar-refractivity contribution in [2.75, 3.05) is 19.6 Å². The van der Waals surface area contributed by atoms with E-state index in [9.17, 15) is 5.11 Å². The Bertz CT molecular complexity index is 216. The molecule has 0 bridgehead atoms. The maximum Gasteiger partial charge on any atom is 0.0566 e. The van der Waals surface area contributed by atoms with Crippen LogP contribution in [0.5, 0.6) is 0 Å². The smallest absolute Gasteiger partial charge is 0.0566 e. The van der Waals surface area contributed by atoms with E-state index in [1.54, 1.807) is 0 Å². The number of hydrogen-bond acceptors (Lipinski definition) is 3. The van der Waals surface area contributed by atoms with Gasteiger partial charge in [-0.1, -0.05) is 27.7 Å². The van der Waals surface area contributed by atoms with Gasteiger partial charge in [-0.2, -0.15) is 0 Å². The Morgan fingerprint density at radius 1 is 1.24 bits per heavy atom. The minimum absolute atomic E-state index is 0.175. The van der Waals surface area contributed by atoms with Gasteiger partial charge in [-0.3, -0.25) is 0 Å². The normalized spacial score (nSPS) is 28.9. The van der Waals surface area contributed by atoms with Gasteiger partial charge in [0, 0.05) is 25.7 Å². The minimum atomic E-state index is -0.175. The first kappa shape index (κ1) is 14.9. The molecule has 0 saturated carbocycles. The Labute approximate surface area is 106 Å².